The third-order valence-corrected chi connectivity index (χ3v) is 2.91. The molecule has 0 aromatic heterocycles. The van der Waals surface area contributed by atoms with Gasteiger partial charge in [-0.1, -0.05) is 49.3 Å². The molecule has 1 atom stereocenters. The van der Waals surface area contributed by atoms with Crippen LogP contribution in [0, 0.1) is 11.8 Å². The first-order chi connectivity index (χ1) is 9.61. The van der Waals surface area contributed by atoms with Gasteiger partial charge in [-0.2, -0.15) is 0 Å². The van der Waals surface area contributed by atoms with Crippen molar-refractivity contribution in [3.63, 3.8) is 0 Å². The summed E-state index contributed by atoms with van der Waals surface area (Å²) >= 11 is 0. The molecule has 0 spiro atoms. The first-order valence-electron chi connectivity index (χ1n) is 6.82. The molecule has 0 amide bonds. The maximum atomic E-state index is 11.8. The van der Waals surface area contributed by atoms with Gasteiger partial charge in [0.2, 0.25) is 0 Å². The Bertz CT molecular complexity index is 453. The zero-order valence-corrected chi connectivity index (χ0v) is 12.0. The molecule has 108 valence electrons. The third-order valence-electron chi connectivity index (χ3n) is 2.91. The lowest BCUT2D eigenvalue weighted by Crippen LogP contribution is -2.15. The Morgan fingerprint density at radius 3 is 2.65 bits per heavy atom. The van der Waals surface area contributed by atoms with Gasteiger partial charge in [-0.15, -0.1) is 0 Å². The molecule has 0 saturated carbocycles. The van der Waals surface area contributed by atoms with Gasteiger partial charge in [0, 0.05) is 17.9 Å². The normalized spacial score (nSPS) is 11.8. The van der Waals surface area contributed by atoms with E-state index in [-0.39, 0.29) is 18.5 Å². The van der Waals surface area contributed by atoms with E-state index >= 15 is 0 Å². The highest BCUT2D eigenvalue weighted by Gasteiger charge is 2.16. The molecule has 0 aliphatic rings. The monoisotopic (exact) mass is 275 g/mol. The predicted molar refractivity (Wildman–Crippen MR) is 77.8 cm³/mol. The molecule has 0 aliphatic carbocycles. The van der Waals surface area contributed by atoms with E-state index in [2.05, 4.69) is 23.9 Å². The van der Waals surface area contributed by atoms with Crippen molar-refractivity contribution in [1.82, 2.24) is 0 Å². The Hall–Kier alpha value is -2.00. The molecule has 20 heavy (non-hydrogen) atoms. The summed E-state index contributed by atoms with van der Waals surface area (Å²) in [6.45, 7) is 4.79. The summed E-state index contributed by atoms with van der Waals surface area (Å²) in [7, 11) is 0. The van der Waals surface area contributed by atoms with Gasteiger partial charge in [0.05, 0.1) is 0 Å². The second-order valence-corrected chi connectivity index (χ2v) is 5.26. The SMILES string of the molecule is CC(C)CC(CN=[N+]=[N-])CC(=O)OCc1ccccc1. The highest BCUT2D eigenvalue weighted by atomic mass is 16.5. The van der Waals surface area contributed by atoms with E-state index in [1.807, 2.05) is 30.3 Å². The lowest BCUT2D eigenvalue weighted by molar-refractivity contribution is -0.146. The van der Waals surface area contributed by atoms with Crippen LogP contribution >= 0.6 is 0 Å². The minimum Gasteiger partial charge on any atom is -0.461 e. The fourth-order valence-electron chi connectivity index (χ4n) is 2.07. The zero-order chi connectivity index (χ0) is 14.8. The third kappa shape index (κ3) is 6.81. The number of nitrogens with zero attached hydrogens (tertiary/aromatic N) is 3. The Morgan fingerprint density at radius 2 is 2.05 bits per heavy atom. The van der Waals surface area contributed by atoms with Gasteiger partial charge in [0.25, 0.3) is 0 Å². The standard InChI is InChI=1S/C15H21N3O2/c1-12(2)8-14(10-17-18-16)9-15(19)20-11-13-6-4-3-5-7-13/h3-7,12,14H,8-11H2,1-2H3. The van der Waals surface area contributed by atoms with Crippen LogP contribution in [-0.4, -0.2) is 12.5 Å². The molecular formula is C15H21N3O2. The highest BCUT2D eigenvalue weighted by Crippen LogP contribution is 2.17. The van der Waals surface area contributed by atoms with E-state index < -0.39 is 0 Å². The molecule has 0 saturated heterocycles. The van der Waals surface area contributed by atoms with Gasteiger partial charge in [0.15, 0.2) is 0 Å². The van der Waals surface area contributed by atoms with Crippen molar-refractivity contribution in [2.24, 2.45) is 17.0 Å². The van der Waals surface area contributed by atoms with Crippen LogP contribution in [0.5, 0.6) is 0 Å². The molecule has 0 heterocycles. The summed E-state index contributed by atoms with van der Waals surface area (Å²) in [5, 5.41) is 3.57. The second-order valence-electron chi connectivity index (χ2n) is 5.26. The molecule has 0 N–H and O–H groups in total. The minimum absolute atomic E-state index is 0.0502. The largest absolute Gasteiger partial charge is 0.461 e. The molecule has 5 heteroatoms. The van der Waals surface area contributed by atoms with E-state index in [0.717, 1.165) is 12.0 Å². The quantitative estimate of drug-likeness (QED) is 0.310. The molecular weight excluding hydrogens is 254 g/mol. The van der Waals surface area contributed by atoms with Gasteiger partial charge >= 0.3 is 5.97 Å². The van der Waals surface area contributed by atoms with E-state index in [4.69, 9.17) is 10.3 Å². The molecule has 1 aromatic carbocycles. The Labute approximate surface area is 119 Å². The fourth-order valence-corrected chi connectivity index (χ4v) is 2.07. The van der Waals surface area contributed by atoms with E-state index in [9.17, 15) is 4.79 Å². The average molecular weight is 275 g/mol. The summed E-state index contributed by atoms with van der Waals surface area (Å²) in [5.74, 6) is 0.262. The van der Waals surface area contributed by atoms with Crippen molar-refractivity contribution in [3.05, 3.63) is 46.3 Å². The molecule has 1 aromatic rings. The van der Waals surface area contributed by atoms with Crippen LogP contribution in [0.25, 0.3) is 10.4 Å². The van der Waals surface area contributed by atoms with Crippen LogP contribution in [0.4, 0.5) is 0 Å². The van der Waals surface area contributed by atoms with E-state index in [1.165, 1.54) is 0 Å². The molecule has 0 bridgehead atoms. The Morgan fingerprint density at radius 1 is 1.35 bits per heavy atom. The molecule has 1 unspecified atom stereocenters. The first-order valence-corrected chi connectivity index (χ1v) is 6.82. The second kappa shape index (κ2) is 8.99. The smallest absolute Gasteiger partial charge is 0.306 e. The molecule has 0 aliphatic heterocycles. The first kappa shape index (κ1) is 16.1. The van der Waals surface area contributed by atoms with Gasteiger partial charge in [0.1, 0.15) is 6.61 Å². The number of ether oxygens (including phenoxy) is 1. The summed E-state index contributed by atoms with van der Waals surface area (Å²) in [6.07, 6.45) is 1.14. The van der Waals surface area contributed by atoms with Crippen molar-refractivity contribution in [2.45, 2.75) is 33.3 Å². The van der Waals surface area contributed by atoms with Crippen molar-refractivity contribution >= 4 is 5.97 Å². The van der Waals surface area contributed by atoms with Crippen LogP contribution in [0.1, 0.15) is 32.3 Å². The lowest BCUT2D eigenvalue weighted by atomic mass is 9.94. The highest BCUT2D eigenvalue weighted by molar-refractivity contribution is 5.69. The van der Waals surface area contributed by atoms with E-state index in [1.54, 1.807) is 0 Å². The van der Waals surface area contributed by atoms with Gasteiger partial charge < -0.3 is 4.74 Å². The van der Waals surface area contributed by atoms with Gasteiger partial charge in [-0.3, -0.25) is 4.79 Å². The van der Waals surface area contributed by atoms with Crippen molar-refractivity contribution < 1.29 is 9.53 Å². The summed E-state index contributed by atoms with van der Waals surface area (Å²) in [4.78, 5) is 14.6. The average Bonchev–Trinajstić information content (AvgIpc) is 2.43. The molecule has 5 nitrogen and oxygen atoms in total. The number of carbonyl (C=O) groups excluding carboxylic acids is 1. The van der Waals surface area contributed by atoms with Gasteiger partial charge in [-0.05, 0) is 29.4 Å². The number of benzene rings is 1. The number of azide groups is 1. The van der Waals surface area contributed by atoms with Crippen LogP contribution in [0.15, 0.2) is 35.4 Å². The van der Waals surface area contributed by atoms with Crippen LogP contribution in [0.3, 0.4) is 0 Å². The van der Waals surface area contributed by atoms with Crippen molar-refractivity contribution in [3.8, 4) is 0 Å². The molecule has 0 radical (unpaired) electrons. The van der Waals surface area contributed by atoms with Crippen LogP contribution in [-0.2, 0) is 16.1 Å². The van der Waals surface area contributed by atoms with Gasteiger partial charge in [-0.25, -0.2) is 0 Å². The van der Waals surface area contributed by atoms with Crippen molar-refractivity contribution in [2.75, 3.05) is 6.54 Å². The summed E-state index contributed by atoms with van der Waals surface area (Å²) in [6, 6.07) is 9.57. The number of rotatable bonds is 8. The zero-order valence-electron chi connectivity index (χ0n) is 12.0. The minimum atomic E-state index is -0.243. The van der Waals surface area contributed by atoms with Crippen LogP contribution < -0.4 is 0 Å². The lowest BCUT2D eigenvalue weighted by Gasteiger charge is -2.16. The summed E-state index contributed by atoms with van der Waals surface area (Å²) in [5.41, 5.74) is 9.35. The molecule has 0 fully saturated rings. The van der Waals surface area contributed by atoms with E-state index in [0.29, 0.717) is 18.9 Å². The Kier molecular flexibility index (Phi) is 7.22. The topological polar surface area (TPSA) is 75.1 Å². The number of hydrogen-bond donors (Lipinski definition) is 0. The Balaban J connectivity index is 2.42. The number of hydrogen-bond acceptors (Lipinski definition) is 3. The maximum Gasteiger partial charge on any atom is 0.306 e. The number of carbonyl (C=O) groups is 1. The maximum absolute atomic E-state index is 11.8. The van der Waals surface area contributed by atoms with Crippen molar-refractivity contribution in [1.29, 1.82) is 0 Å². The fraction of sp³-hybridized carbons (Fsp3) is 0.533. The number of esters is 1. The summed E-state index contributed by atoms with van der Waals surface area (Å²) < 4.78 is 5.25. The molecule has 1 rings (SSSR count). The predicted octanol–water partition coefficient (Wildman–Crippen LogP) is 4.09. The van der Waals surface area contributed by atoms with Crippen LogP contribution in [0.2, 0.25) is 0 Å².